The number of anilines is 2. The lowest BCUT2D eigenvalue weighted by Gasteiger charge is -2.26. The van der Waals surface area contributed by atoms with Gasteiger partial charge in [0, 0.05) is 19.5 Å². The number of rotatable bonds is 9. The average molecular weight is 354 g/mol. The fourth-order valence-electron chi connectivity index (χ4n) is 2.77. The highest BCUT2D eigenvalue weighted by Crippen LogP contribution is 2.29. The Kier molecular flexibility index (Phi) is 7.21. The molecule has 0 fully saturated rings. The Balaban J connectivity index is 2.31. The van der Waals surface area contributed by atoms with E-state index in [1.54, 1.807) is 12.1 Å². The summed E-state index contributed by atoms with van der Waals surface area (Å²) >= 11 is 0. The lowest BCUT2D eigenvalue weighted by Crippen LogP contribution is -2.24. The van der Waals surface area contributed by atoms with Crippen LogP contribution in [0.25, 0.3) is 0 Å². The molecule has 0 atom stereocenters. The highest BCUT2D eigenvalue weighted by molar-refractivity contribution is 5.97. The number of carboxylic acid groups (broad SMARTS) is 1. The molecule has 0 aromatic heterocycles. The second-order valence-corrected chi connectivity index (χ2v) is 6.19. The molecule has 2 aromatic rings. The molecule has 0 aliphatic carbocycles. The van der Waals surface area contributed by atoms with Crippen LogP contribution in [-0.2, 0) is 11.3 Å². The van der Waals surface area contributed by atoms with Gasteiger partial charge in [-0.3, -0.25) is 4.79 Å². The molecule has 0 saturated heterocycles. The minimum absolute atomic E-state index is 0.0913. The third-order valence-corrected chi connectivity index (χ3v) is 4.21. The summed E-state index contributed by atoms with van der Waals surface area (Å²) in [5, 5.41) is 12.2. The van der Waals surface area contributed by atoms with Crippen molar-refractivity contribution in [3.8, 4) is 0 Å². The maximum Gasteiger partial charge on any atom is 0.335 e. The summed E-state index contributed by atoms with van der Waals surface area (Å²) in [5.41, 5.74) is 2.69. The van der Waals surface area contributed by atoms with Crippen LogP contribution in [-0.4, -0.2) is 23.5 Å². The molecule has 2 rings (SSSR count). The van der Waals surface area contributed by atoms with Crippen LogP contribution >= 0.6 is 0 Å². The van der Waals surface area contributed by atoms with E-state index in [2.05, 4.69) is 10.2 Å². The molecular formula is C21H26N2O3. The van der Waals surface area contributed by atoms with Crippen molar-refractivity contribution in [1.82, 2.24) is 0 Å². The molecule has 0 aliphatic rings. The van der Waals surface area contributed by atoms with Gasteiger partial charge in [0.1, 0.15) is 0 Å². The molecule has 0 bridgehead atoms. The van der Waals surface area contributed by atoms with E-state index in [4.69, 9.17) is 0 Å². The standard InChI is InChI=1S/C21H26N2O3/c1-3-5-11-20(24)22-18-14-17(21(25)26)12-13-19(18)23(4-2)15-16-9-7-6-8-10-16/h6-10,12-14H,3-5,11,15H2,1-2H3,(H,22,24)(H,25,26). The van der Waals surface area contributed by atoms with Crippen LogP contribution in [0.4, 0.5) is 11.4 Å². The number of aromatic carboxylic acids is 1. The van der Waals surface area contributed by atoms with Crippen molar-refractivity contribution in [3.63, 3.8) is 0 Å². The molecule has 0 unspecified atom stereocenters. The first kappa shape index (κ1) is 19.5. The van der Waals surface area contributed by atoms with E-state index in [1.165, 1.54) is 6.07 Å². The van der Waals surface area contributed by atoms with Crippen LogP contribution in [0, 0.1) is 0 Å². The molecular weight excluding hydrogens is 328 g/mol. The molecule has 5 nitrogen and oxygen atoms in total. The summed E-state index contributed by atoms with van der Waals surface area (Å²) in [4.78, 5) is 25.6. The topological polar surface area (TPSA) is 69.6 Å². The summed E-state index contributed by atoms with van der Waals surface area (Å²) < 4.78 is 0. The predicted octanol–water partition coefficient (Wildman–Crippen LogP) is 4.54. The van der Waals surface area contributed by atoms with Gasteiger partial charge < -0.3 is 15.3 Å². The van der Waals surface area contributed by atoms with Crippen LogP contribution in [0.1, 0.15) is 49.0 Å². The van der Waals surface area contributed by atoms with Crippen LogP contribution in [0.5, 0.6) is 0 Å². The SMILES string of the molecule is CCCCC(=O)Nc1cc(C(=O)O)ccc1N(CC)Cc1ccccc1. The summed E-state index contributed by atoms with van der Waals surface area (Å²) in [6, 6.07) is 14.9. The summed E-state index contributed by atoms with van der Waals surface area (Å²) in [7, 11) is 0. The summed E-state index contributed by atoms with van der Waals surface area (Å²) in [5.74, 6) is -1.10. The third kappa shape index (κ3) is 5.34. The molecule has 0 saturated carbocycles. The van der Waals surface area contributed by atoms with Gasteiger partial charge in [-0.1, -0.05) is 43.7 Å². The largest absolute Gasteiger partial charge is 0.478 e. The second kappa shape index (κ2) is 9.61. The zero-order valence-corrected chi connectivity index (χ0v) is 15.4. The lowest BCUT2D eigenvalue weighted by atomic mass is 10.1. The maximum absolute atomic E-state index is 12.2. The van der Waals surface area contributed by atoms with E-state index in [1.807, 2.05) is 44.2 Å². The monoisotopic (exact) mass is 354 g/mol. The van der Waals surface area contributed by atoms with Gasteiger partial charge >= 0.3 is 5.97 Å². The zero-order valence-electron chi connectivity index (χ0n) is 15.4. The van der Waals surface area contributed by atoms with Gasteiger partial charge in [-0.05, 0) is 37.1 Å². The smallest absolute Gasteiger partial charge is 0.335 e. The third-order valence-electron chi connectivity index (χ3n) is 4.21. The highest BCUT2D eigenvalue weighted by Gasteiger charge is 2.15. The molecule has 0 spiro atoms. The van der Waals surface area contributed by atoms with E-state index >= 15 is 0 Å². The fraction of sp³-hybridized carbons (Fsp3) is 0.333. The van der Waals surface area contributed by atoms with Crippen molar-refractivity contribution in [1.29, 1.82) is 0 Å². The number of unbranched alkanes of at least 4 members (excludes halogenated alkanes) is 1. The van der Waals surface area contributed by atoms with E-state index in [9.17, 15) is 14.7 Å². The quantitative estimate of drug-likeness (QED) is 0.693. The summed E-state index contributed by atoms with van der Waals surface area (Å²) in [6.07, 6.45) is 2.17. The van der Waals surface area contributed by atoms with Gasteiger partial charge in [-0.15, -0.1) is 0 Å². The van der Waals surface area contributed by atoms with Crippen molar-refractivity contribution in [2.45, 2.75) is 39.7 Å². The van der Waals surface area contributed by atoms with Crippen molar-refractivity contribution in [2.24, 2.45) is 0 Å². The number of hydrogen-bond acceptors (Lipinski definition) is 3. The fourth-order valence-corrected chi connectivity index (χ4v) is 2.77. The maximum atomic E-state index is 12.2. The van der Waals surface area contributed by atoms with Crippen molar-refractivity contribution >= 4 is 23.3 Å². The first-order valence-corrected chi connectivity index (χ1v) is 9.01. The molecule has 0 heterocycles. The summed E-state index contributed by atoms with van der Waals surface area (Å²) in [6.45, 7) is 5.49. The number of carbonyl (C=O) groups is 2. The molecule has 0 aliphatic heterocycles. The Morgan fingerprint density at radius 1 is 1.08 bits per heavy atom. The Morgan fingerprint density at radius 3 is 2.42 bits per heavy atom. The molecule has 5 heteroatoms. The molecule has 26 heavy (non-hydrogen) atoms. The van der Waals surface area contributed by atoms with Gasteiger partial charge in [0.2, 0.25) is 5.91 Å². The average Bonchev–Trinajstić information content (AvgIpc) is 2.65. The number of hydrogen-bond donors (Lipinski definition) is 2. The van der Waals surface area contributed by atoms with Crippen LogP contribution in [0.15, 0.2) is 48.5 Å². The van der Waals surface area contributed by atoms with Gasteiger partial charge in [-0.25, -0.2) is 4.79 Å². The van der Waals surface area contributed by atoms with Crippen LogP contribution in [0.2, 0.25) is 0 Å². The predicted molar refractivity (Wildman–Crippen MR) is 105 cm³/mol. The Hall–Kier alpha value is -2.82. The minimum atomic E-state index is -1.01. The Labute approximate surface area is 154 Å². The van der Waals surface area contributed by atoms with Gasteiger partial charge in [-0.2, -0.15) is 0 Å². The number of carboxylic acids is 1. The Morgan fingerprint density at radius 2 is 1.81 bits per heavy atom. The van der Waals surface area contributed by atoms with E-state index < -0.39 is 5.97 Å². The first-order valence-electron chi connectivity index (χ1n) is 9.01. The van der Waals surface area contributed by atoms with E-state index in [0.717, 1.165) is 30.6 Å². The van der Waals surface area contributed by atoms with Crippen LogP contribution in [0.3, 0.4) is 0 Å². The van der Waals surface area contributed by atoms with Crippen molar-refractivity contribution < 1.29 is 14.7 Å². The molecule has 2 N–H and O–H groups in total. The number of nitrogens with one attached hydrogen (secondary N) is 1. The number of amides is 1. The lowest BCUT2D eigenvalue weighted by molar-refractivity contribution is -0.116. The molecule has 2 aromatic carbocycles. The van der Waals surface area contributed by atoms with Crippen molar-refractivity contribution in [2.75, 3.05) is 16.8 Å². The highest BCUT2D eigenvalue weighted by atomic mass is 16.4. The number of benzene rings is 2. The number of carbonyl (C=O) groups excluding carboxylic acids is 1. The Bertz CT molecular complexity index is 744. The first-order chi connectivity index (χ1) is 12.5. The molecule has 1 amide bonds. The van der Waals surface area contributed by atoms with Crippen LogP contribution < -0.4 is 10.2 Å². The number of nitrogens with zero attached hydrogens (tertiary/aromatic N) is 1. The second-order valence-electron chi connectivity index (χ2n) is 6.19. The zero-order chi connectivity index (χ0) is 18.9. The normalized spacial score (nSPS) is 10.4. The minimum Gasteiger partial charge on any atom is -0.478 e. The van der Waals surface area contributed by atoms with Crippen molar-refractivity contribution in [3.05, 3.63) is 59.7 Å². The molecule has 138 valence electrons. The van der Waals surface area contributed by atoms with Gasteiger partial charge in [0.05, 0.1) is 16.9 Å². The van der Waals surface area contributed by atoms with E-state index in [0.29, 0.717) is 18.7 Å². The van der Waals surface area contributed by atoms with Gasteiger partial charge in [0.25, 0.3) is 0 Å². The van der Waals surface area contributed by atoms with Gasteiger partial charge in [0.15, 0.2) is 0 Å². The van der Waals surface area contributed by atoms with E-state index in [-0.39, 0.29) is 11.5 Å². The molecule has 0 radical (unpaired) electrons.